The van der Waals surface area contributed by atoms with Gasteiger partial charge in [0, 0.05) is 33.1 Å². The number of anilines is 1. The number of amides is 1. The van der Waals surface area contributed by atoms with E-state index in [1.54, 1.807) is 6.07 Å². The number of aromatic nitrogens is 6. The van der Waals surface area contributed by atoms with Crippen molar-refractivity contribution in [3.63, 3.8) is 0 Å². The summed E-state index contributed by atoms with van der Waals surface area (Å²) in [4.78, 5) is 16.5. The molecule has 9 heteroatoms. The number of carbonyl (C=O) groups excluding carboxylic acids is 1. The van der Waals surface area contributed by atoms with E-state index in [0.29, 0.717) is 18.8 Å². The van der Waals surface area contributed by atoms with Crippen LogP contribution in [0.2, 0.25) is 0 Å². The molecule has 3 aromatic heterocycles. The lowest BCUT2D eigenvalue weighted by molar-refractivity contribution is 0.0703. The van der Waals surface area contributed by atoms with Crippen molar-refractivity contribution < 1.29 is 4.79 Å². The molecule has 0 saturated carbocycles. The molecule has 0 bridgehead atoms. The lowest BCUT2D eigenvalue weighted by atomic mass is 9.96. The van der Waals surface area contributed by atoms with Gasteiger partial charge in [-0.05, 0) is 55.9 Å². The van der Waals surface area contributed by atoms with E-state index in [0.717, 1.165) is 49.4 Å². The van der Waals surface area contributed by atoms with Crippen LogP contribution in [0, 0.1) is 0 Å². The summed E-state index contributed by atoms with van der Waals surface area (Å²) in [5, 5.41) is 21.8. The molecular formula is C20H24N8O. The first-order chi connectivity index (χ1) is 14.1. The minimum Gasteiger partial charge on any atom is -0.361 e. The summed E-state index contributed by atoms with van der Waals surface area (Å²) in [6.07, 6.45) is 4.96. The summed E-state index contributed by atoms with van der Waals surface area (Å²) in [5.41, 5.74) is 3.69. The summed E-state index contributed by atoms with van der Waals surface area (Å²) in [7, 11) is 3.79. The Labute approximate surface area is 168 Å². The topological polar surface area (TPSA) is 92.4 Å². The van der Waals surface area contributed by atoms with Crippen LogP contribution in [0.4, 0.5) is 5.82 Å². The van der Waals surface area contributed by atoms with Gasteiger partial charge in [-0.2, -0.15) is 9.61 Å². The second-order valence-corrected chi connectivity index (χ2v) is 8.04. The van der Waals surface area contributed by atoms with Gasteiger partial charge in [0.15, 0.2) is 23.0 Å². The highest BCUT2D eigenvalue weighted by molar-refractivity contribution is 5.92. The number of piperidine rings is 1. The molecule has 1 amide bonds. The third kappa shape index (κ3) is 3.20. The molecule has 0 spiro atoms. The SMILES string of the molecule is CN(C)c1ccc(C(=O)N2CCC(c3nnc4cc5c(nn34)CCC5)CC2)nn1. The fourth-order valence-electron chi connectivity index (χ4n) is 4.23. The normalized spacial score (nSPS) is 17.0. The largest absolute Gasteiger partial charge is 0.361 e. The number of likely N-dealkylation sites (tertiary alicyclic amines) is 1. The predicted molar refractivity (Wildman–Crippen MR) is 107 cm³/mol. The third-order valence-corrected chi connectivity index (χ3v) is 5.92. The zero-order valence-electron chi connectivity index (χ0n) is 16.7. The van der Waals surface area contributed by atoms with Crippen molar-refractivity contribution in [2.24, 2.45) is 0 Å². The van der Waals surface area contributed by atoms with Gasteiger partial charge in [0.2, 0.25) is 0 Å². The molecule has 150 valence electrons. The van der Waals surface area contributed by atoms with Gasteiger partial charge in [-0.15, -0.1) is 20.4 Å². The summed E-state index contributed by atoms with van der Waals surface area (Å²) in [6.45, 7) is 1.33. The zero-order valence-corrected chi connectivity index (χ0v) is 16.7. The Morgan fingerprint density at radius 1 is 1.07 bits per heavy atom. The molecular weight excluding hydrogens is 368 g/mol. The molecule has 0 aromatic carbocycles. The molecule has 29 heavy (non-hydrogen) atoms. The van der Waals surface area contributed by atoms with Gasteiger partial charge in [-0.3, -0.25) is 4.79 Å². The van der Waals surface area contributed by atoms with Crippen molar-refractivity contribution >= 4 is 17.4 Å². The maximum absolute atomic E-state index is 12.8. The van der Waals surface area contributed by atoms with Crippen molar-refractivity contribution in [3.8, 4) is 0 Å². The summed E-state index contributed by atoms with van der Waals surface area (Å²) >= 11 is 0. The minimum absolute atomic E-state index is 0.0664. The van der Waals surface area contributed by atoms with Gasteiger partial charge >= 0.3 is 0 Å². The number of hydrogen-bond acceptors (Lipinski definition) is 7. The van der Waals surface area contributed by atoms with Crippen LogP contribution in [0.1, 0.15) is 52.8 Å². The van der Waals surface area contributed by atoms with E-state index in [1.807, 2.05) is 34.5 Å². The molecule has 4 heterocycles. The summed E-state index contributed by atoms with van der Waals surface area (Å²) in [5.74, 6) is 1.83. The molecule has 0 atom stereocenters. The molecule has 2 aliphatic rings. The monoisotopic (exact) mass is 392 g/mol. The van der Waals surface area contributed by atoms with E-state index in [4.69, 9.17) is 5.10 Å². The van der Waals surface area contributed by atoms with Gasteiger partial charge in [0.1, 0.15) is 0 Å². The van der Waals surface area contributed by atoms with Crippen molar-refractivity contribution in [2.75, 3.05) is 32.1 Å². The highest BCUT2D eigenvalue weighted by atomic mass is 16.2. The molecule has 5 rings (SSSR count). The quantitative estimate of drug-likeness (QED) is 0.667. The average molecular weight is 392 g/mol. The highest BCUT2D eigenvalue weighted by Gasteiger charge is 2.29. The third-order valence-electron chi connectivity index (χ3n) is 5.92. The van der Waals surface area contributed by atoms with Crippen LogP contribution in [-0.2, 0) is 12.8 Å². The Hall–Kier alpha value is -3.10. The molecule has 1 fully saturated rings. The van der Waals surface area contributed by atoms with E-state index in [9.17, 15) is 4.79 Å². The molecule has 3 aromatic rings. The Morgan fingerprint density at radius 2 is 1.90 bits per heavy atom. The molecule has 0 N–H and O–H groups in total. The maximum atomic E-state index is 12.8. The fourth-order valence-corrected chi connectivity index (χ4v) is 4.23. The summed E-state index contributed by atoms with van der Waals surface area (Å²) < 4.78 is 1.91. The Bertz CT molecular complexity index is 1050. The van der Waals surface area contributed by atoms with Gasteiger partial charge in [0.05, 0.1) is 5.69 Å². The van der Waals surface area contributed by atoms with E-state index >= 15 is 0 Å². The molecule has 1 aliphatic carbocycles. The molecule has 0 unspecified atom stereocenters. The lowest BCUT2D eigenvalue weighted by Gasteiger charge is -2.30. The molecule has 1 aliphatic heterocycles. The number of hydrogen-bond donors (Lipinski definition) is 0. The first-order valence-corrected chi connectivity index (χ1v) is 10.1. The van der Waals surface area contributed by atoms with Crippen molar-refractivity contribution in [3.05, 3.63) is 41.0 Å². The van der Waals surface area contributed by atoms with Gasteiger partial charge < -0.3 is 9.80 Å². The summed E-state index contributed by atoms with van der Waals surface area (Å²) in [6, 6.07) is 5.69. The number of aryl methyl sites for hydroxylation is 2. The first kappa shape index (κ1) is 18.0. The first-order valence-electron chi connectivity index (χ1n) is 10.1. The van der Waals surface area contributed by atoms with Gasteiger partial charge in [0.25, 0.3) is 5.91 Å². The van der Waals surface area contributed by atoms with E-state index < -0.39 is 0 Å². The van der Waals surface area contributed by atoms with Crippen LogP contribution >= 0.6 is 0 Å². The second-order valence-electron chi connectivity index (χ2n) is 8.04. The van der Waals surface area contributed by atoms with Crippen molar-refractivity contribution in [2.45, 2.75) is 38.0 Å². The molecule has 9 nitrogen and oxygen atoms in total. The smallest absolute Gasteiger partial charge is 0.274 e. The Morgan fingerprint density at radius 3 is 2.62 bits per heavy atom. The van der Waals surface area contributed by atoms with Crippen LogP contribution in [0.15, 0.2) is 18.2 Å². The Balaban J connectivity index is 1.29. The molecule has 1 saturated heterocycles. The minimum atomic E-state index is -0.0664. The fraction of sp³-hybridized carbons (Fsp3) is 0.500. The zero-order chi connectivity index (χ0) is 20.0. The average Bonchev–Trinajstić information content (AvgIpc) is 3.38. The highest BCUT2D eigenvalue weighted by Crippen LogP contribution is 2.29. The maximum Gasteiger partial charge on any atom is 0.274 e. The number of nitrogens with zero attached hydrogens (tertiary/aromatic N) is 8. The number of rotatable bonds is 3. The van der Waals surface area contributed by atoms with Crippen LogP contribution in [-0.4, -0.2) is 68.0 Å². The number of carbonyl (C=O) groups is 1. The van der Waals surface area contributed by atoms with Crippen LogP contribution in [0.5, 0.6) is 0 Å². The number of fused-ring (bicyclic) bond motifs is 2. The van der Waals surface area contributed by atoms with E-state index in [-0.39, 0.29) is 11.8 Å². The van der Waals surface area contributed by atoms with Gasteiger partial charge in [-0.1, -0.05) is 0 Å². The molecule has 0 radical (unpaired) electrons. The second kappa shape index (κ2) is 7.06. The van der Waals surface area contributed by atoms with Crippen LogP contribution in [0.3, 0.4) is 0 Å². The van der Waals surface area contributed by atoms with Crippen molar-refractivity contribution in [1.82, 2.24) is 34.9 Å². The lowest BCUT2D eigenvalue weighted by Crippen LogP contribution is -2.38. The standard InChI is InChI=1S/C20H24N8O/c1-26(2)17-7-6-16(21-22-17)20(29)27-10-8-13(9-11-27)19-24-23-18-12-14-4-3-5-15(14)25-28(18)19/h6-7,12-13H,3-5,8-11H2,1-2H3. The van der Waals surface area contributed by atoms with Crippen LogP contribution < -0.4 is 4.90 Å². The van der Waals surface area contributed by atoms with E-state index in [2.05, 4.69) is 26.5 Å². The van der Waals surface area contributed by atoms with Crippen LogP contribution in [0.25, 0.3) is 5.65 Å². The van der Waals surface area contributed by atoms with Crippen molar-refractivity contribution in [1.29, 1.82) is 0 Å². The predicted octanol–water partition coefficient (Wildman–Crippen LogP) is 1.49. The van der Waals surface area contributed by atoms with E-state index in [1.165, 1.54) is 11.3 Å². The van der Waals surface area contributed by atoms with Gasteiger partial charge in [-0.25, -0.2) is 0 Å². The Kier molecular flexibility index (Phi) is 4.37.